The molecule has 0 spiro atoms. The zero-order valence-corrected chi connectivity index (χ0v) is 12.6. The predicted molar refractivity (Wildman–Crippen MR) is 88.8 cm³/mol. The van der Waals surface area contributed by atoms with Gasteiger partial charge in [-0.25, -0.2) is 4.98 Å². The Morgan fingerprint density at radius 3 is 2.77 bits per heavy atom. The number of fused-ring (bicyclic) bond motifs is 1. The fraction of sp³-hybridized carbons (Fsp3) is 0.111. The Morgan fingerprint density at radius 1 is 1.14 bits per heavy atom. The van der Waals surface area contributed by atoms with E-state index >= 15 is 0 Å². The van der Waals surface area contributed by atoms with E-state index in [0.29, 0.717) is 0 Å². The van der Waals surface area contributed by atoms with E-state index < -0.39 is 0 Å². The number of carbonyl (C=O) groups excluding carboxylic acids is 1. The molecule has 4 heteroatoms. The van der Waals surface area contributed by atoms with Crippen LogP contribution in [0.25, 0.3) is 22.8 Å². The lowest BCUT2D eigenvalue weighted by Gasteiger charge is -2.09. The normalized spacial score (nSPS) is 11.2. The summed E-state index contributed by atoms with van der Waals surface area (Å²) in [6.45, 7) is 0. The molecule has 22 heavy (non-hydrogen) atoms. The molecule has 0 aliphatic heterocycles. The van der Waals surface area contributed by atoms with Crippen LogP contribution in [0.3, 0.4) is 0 Å². The average molecular weight is 291 g/mol. The molecule has 0 unspecified atom stereocenters. The summed E-state index contributed by atoms with van der Waals surface area (Å²) in [6, 6.07) is 13.9. The van der Waals surface area contributed by atoms with Gasteiger partial charge in [-0.1, -0.05) is 18.2 Å². The first-order valence-electron chi connectivity index (χ1n) is 7.07. The van der Waals surface area contributed by atoms with Crippen molar-refractivity contribution in [3.05, 3.63) is 66.5 Å². The Balaban J connectivity index is 2.07. The Labute approximate surface area is 129 Å². The molecule has 2 aromatic heterocycles. The standard InChI is InChI=1S/C18H17N3O/c1-20(2)17(22)10-9-14-6-3-4-8-16(14)21-13-11-15-7-5-12-19-18(15)21/h3-13H,1-2H3/b10-9+. The average Bonchev–Trinajstić information content (AvgIpc) is 2.96. The molecule has 0 saturated carbocycles. The fourth-order valence-corrected chi connectivity index (χ4v) is 2.32. The van der Waals surface area contributed by atoms with Crippen LogP contribution in [0, 0.1) is 0 Å². The fourth-order valence-electron chi connectivity index (χ4n) is 2.32. The monoisotopic (exact) mass is 291 g/mol. The van der Waals surface area contributed by atoms with Crippen molar-refractivity contribution in [1.29, 1.82) is 0 Å². The van der Waals surface area contributed by atoms with E-state index in [0.717, 1.165) is 22.3 Å². The summed E-state index contributed by atoms with van der Waals surface area (Å²) >= 11 is 0. The second-order valence-corrected chi connectivity index (χ2v) is 5.23. The van der Waals surface area contributed by atoms with E-state index in [1.54, 1.807) is 31.3 Å². The minimum atomic E-state index is -0.0368. The van der Waals surface area contributed by atoms with E-state index in [2.05, 4.69) is 4.98 Å². The highest BCUT2D eigenvalue weighted by atomic mass is 16.2. The Kier molecular flexibility index (Phi) is 3.74. The Hall–Kier alpha value is -2.88. The van der Waals surface area contributed by atoms with Crippen molar-refractivity contribution in [3.63, 3.8) is 0 Å². The number of hydrogen-bond acceptors (Lipinski definition) is 2. The summed E-state index contributed by atoms with van der Waals surface area (Å²) in [5, 5.41) is 1.09. The zero-order valence-electron chi connectivity index (χ0n) is 12.6. The third kappa shape index (κ3) is 2.63. The molecule has 1 aromatic carbocycles. The lowest BCUT2D eigenvalue weighted by molar-refractivity contribution is -0.123. The van der Waals surface area contributed by atoms with Gasteiger partial charge in [0.15, 0.2) is 0 Å². The first-order chi connectivity index (χ1) is 10.7. The first-order valence-corrected chi connectivity index (χ1v) is 7.07. The number of benzene rings is 1. The molecule has 3 rings (SSSR count). The maximum Gasteiger partial charge on any atom is 0.246 e. The van der Waals surface area contributed by atoms with E-state index in [-0.39, 0.29) is 5.91 Å². The first kappa shape index (κ1) is 14.1. The van der Waals surface area contributed by atoms with Crippen LogP contribution in [-0.2, 0) is 4.79 Å². The summed E-state index contributed by atoms with van der Waals surface area (Å²) in [5.41, 5.74) is 2.88. The number of pyridine rings is 1. The van der Waals surface area contributed by atoms with Crippen LogP contribution in [0.2, 0.25) is 0 Å². The lowest BCUT2D eigenvalue weighted by atomic mass is 10.1. The van der Waals surface area contributed by atoms with Gasteiger partial charge in [0, 0.05) is 38.0 Å². The zero-order chi connectivity index (χ0) is 15.5. The van der Waals surface area contributed by atoms with E-state index in [4.69, 9.17) is 0 Å². The molecular formula is C18H17N3O. The highest BCUT2D eigenvalue weighted by molar-refractivity contribution is 5.92. The molecule has 4 nitrogen and oxygen atoms in total. The molecule has 0 atom stereocenters. The number of likely N-dealkylation sites (N-methyl/N-ethyl adjacent to an activating group) is 1. The number of carbonyl (C=O) groups is 1. The number of aromatic nitrogens is 2. The summed E-state index contributed by atoms with van der Waals surface area (Å²) in [5.74, 6) is -0.0368. The van der Waals surface area contributed by atoms with Gasteiger partial charge in [0.2, 0.25) is 5.91 Å². The third-order valence-electron chi connectivity index (χ3n) is 3.49. The number of hydrogen-bond donors (Lipinski definition) is 0. The molecule has 0 radical (unpaired) electrons. The van der Waals surface area contributed by atoms with Crippen LogP contribution >= 0.6 is 0 Å². The van der Waals surface area contributed by atoms with Crippen molar-refractivity contribution in [2.24, 2.45) is 0 Å². The van der Waals surface area contributed by atoms with Crippen LogP contribution in [-0.4, -0.2) is 34.5 Å². The molecule has 0 saturated heterocycles. The highest BCUT2D eigenvalue weighted by Crippen LogP contribution is 2.22. The molecule has 0 aliphatic rings. The number of para-hydroxylation sites is 1. The van der Waals surface area contributed by atoms with Crippen LogP contribution in [0.1, 0.15) is 5.56 Å². The van der Waals surface area contributed by atoms with Crippen molar-refractivity contribution < 1.29 is 4.79 Å². The lowest BCUT2D eigenvalue weighted by Crippen LogP contribution is -2.18. The second kappa shape index (κ2) is 5.85. The molecule has 0 aliphatic carbocycles. The molecule has 1 amide bonds. The number of rotatable bonds is 3. The number of amides is 1. The minimum absolute atomic E-state index is 0.0368. The molecule has 0 bridgehead atoms. The van der Waals surface area contributed by atoms with Gasteiger partial charge in [-0.2, -0.15) is 0 Å². The second-order valence-electron chi connectivity index (χ2n) is 5.23. The maximum atomic E-state index is 11.7. The molecule has 0 N–H and O–H groups in total. The van der Waals surface area contributed by atoms with Gasteiger partial charge in [-0.15, -0.1) is 0 Å². The summed E-state index contributed by atoms with van der Waals surface area (Å²) < 4.78 is 2.04. The minimum Gasteiger partial charge on any atom is -0.345 e. The smallest absolute Gasteiger partial charge is 0.246 e. The summed E-state index contributed by atoms with van der Waals surface area (Å²) in [7, 11) is 3.48. The molecule has 0 fully saturated rings. The van der Waals surface area contributed by atoms with Gasteiger partial charge < -0.3 is 9.47 Å². The largest absolute Gasteiger partial charge is 0.345 e. The van der Waals surface area contributed by atoms with Gasteiger partial charge in [0.1, 0.15) is 5.65 Å². The van der Waals surface area contributed by atoms with Crippen molar-refractivity contribution in [1.82, 2.24) is 14.5 Å². The van der Waals surface area contributed by atoms with Crippen LogP contribution in [0.4, 0.5) is 0 Å². The highest BCUT2D eigenvalue weighted by Gasteiger charge is 2.07. The van der Waals surface area contributed by atoms with Crippen LogP contribution in [0.5, 0.6) is 0 Å². The van der Waals surface area contributed by atoms with E-state index in [1.165, 1.54) is 0 Å². The Morgan fingerprint density at radius 2 is 1.95 bits per heavy atom. The third-order valence-corrected chi connectivity index (χ3v) is 3.49. The number of nitrogens with zero attached hydrogens (tertiary/aromatic N) is 3. The maximum absolute atomic E-state index is 11.7. The summed E-state index contributed by atoms with van der Waals surface area (Å²) in [4.78, 5) is 17.7. The van der Waals surface area contributed by atoms with Crippen LogP contribution in [0.15, 0.2) is 60.9 Å². The van der Waals surface area contributed by atoms with Crippen LogP contribution < -0.4 is 0 Å². The van der Waals surface area contributed by atoms with Gasteiger partial charge >= 0.3 is 0 Å². The predicted octanol–water partition coefficient (Wildman–Crippen LogP) is 3.13. The topological polar surface area (TPSA) is 38.1 Å². The molecular weight excluding hydrogens is 274 g/mol. The molecule has 3 aromatic rings. The molecule has 2 heterocycles. The van der Waals surface area contributed by atoms with Gasteiger partial charge in [0.05, 0.1) is 5.69 Å². The van der Waals surface area contributed by atoms with E-state index in [9.17, 15) is 4.79 Å². The molecule has 110 valence electrons. The van der Waals surface area contributed by atoms with Gasteiger partial charge in [0.25, 0.3) is 0 Å². The summed E-state index contributed by atoms with van der Waals surface area (Å²) in [6.07, 6.45) is 7.20. The van der Waals surface area contributed by atoms with Crippen molar-refractivity contribution in [2.45, 2.75) is 0 Å². The van der Waals surface area contributed by atoms with Gasteiger partial charge in [-0.05, 0) is 35.9 Å². The van der Waals surface area contributed by atoms with Crippen molar-refractivity contribution in [3.8, 4) is 5.69 Å². The van der Waals surface area contributed by atoms with Crippen molar-refractivity contribution >= 4 is 23.0 Å². The quantitative estimate of drug-likeness (QED) is 0.695. The van der Waals surface area contributed by atoms with Gasteiger partial charge in [-0.3, -0.25) is 4.79 Å². The SMILES string of the molecule is CN(C)C(=O)/C=C/c1ccccc1-n1ccc2cccnc21. The van der Waals surface area contributed by atoms with Crippen molar-refractivity contribution in [2.75, 3.05) is 14.1 Å². The van der Waals surface area contributed by atoms with E-state index in [1.807, 2.05) is 59.3 Å². The Bertz CT molecular complexity index is 846.